The molecule has 0 aliphatic heterocycles. The highest BCUT2D eigenvalue weighted by Crippen LogP contribution is 2.17. The fourth-order valence-electron chi connectivity index (χ4n) is 0.955. The van der Waals surface area contributed by atoms with Crippen LogP contribution in [0.15, 0.2) is 24.3 Å². The summed E-state index contributed by atoms with van der Waals surface area (Å²) in [6, 6.07) is 7.82. The molecule has 0 radical (unpaired) electrons. The number of aliphatic hydroxyl groups excluding tert-OH is 1. The molecule has 12 heavy (non-hydrogen) atoms. The molecule has 1 atom stereocenters. The molecule has 0 saturated heterocycles. The van der Waals surface area contributed by atoms with Crippen molar-refractivity contribution in [2.24, 2.45) is 0 Å². The summed E-state index contributed by atoms with van der Waals surface area (Å²) in [4.78, 5) is 0. The van der Waals surface area contributed by atoms with E-state index in [0.29, 0.717) is 12.3 Å². The third-order valence-electron chi connectivity index (χ3n) is 1.64. The summed E-state index contributed by atoms with van der Waals surface area (Å²) in [5.74, 6) is 0.493. The van der Waals surface area contributed by atoms with Gasteiger partial charge in [-0.3, -0.25) is 0 Å². The van der Waals surface area contributed by atoms with Gasteiger partial charge in [-0.25, -0.2) is 0 Å². The first-order chi connectivity index (χ1) is 5.74. The summed E-state index contributed by atoms with van der Waals surface area (Å²) >= 11 is 7.75. The average molecular weight is 297 g/mol. The van der Waals surface area contributed by atoms with Crippen molar-refractivity contribution in [1.82, 2.24) is 0 Å². The van der Waals surface area contributed by atoms with Crippen LogP contribution in [0.1, 0.15) is 18.1 Å². The zero-order chi connectivity index (χ0) is 8.97. The van der Waals surface area contributed by atoms with Crippen LogP contribution in [0.2, 0.25) is 0 Å². The first kappa shape index (κ1) is 10.3. The van der Waals surface area contributed by atoms with Crippen molar-refractivity contribution in [3.8, 4) is 0 Å². The fourth-order valence-corrected chi connectivity index (χ4v) is 1.52. The van der Waals surface area contributed by atoms with Gasteiger partial charge in [-0.2, -0.15) is 0 Å². The molecule has 66 valence electrons. The second kappa shape index (κ2) is 5.04. The van der Waals surface area contributed by atoms with Gasteiger partial charge in [0.15, 0.2) is 0 Å². The van der Waals surface area contributed by atoms with Gasteiger partial charge in [0.1, 0.15) is 0 Å². The van der Waals surface area contributed by atoms with E-state index in [-0.39, 0.29) is 0 Å². The van der Waals surface area contributed by atoms with Crippen molar-refractivity contribution in [3.63, 3.8) is 0 Å². The topological polar surface area (TPSA) is 20.2 Å². The fraction of sp³-hybridized carbons (Fsp3) is 0.333. The maximum absolute atomic E-state index is 9.52. The van der Waals surface area contributed by atoms with Crippen molar-refractivity contribution in [1.29, 1.82) is 0 Å². The second-order valence-electron chi connectivity index (χ2n) is 2.55. The molecule has 0 saturated carbocycles. The highest BCUT2D eigenvalue weighted by molar-refractivity contribution is 14.1. The molecule has 0 spiro atoms. The molecule has 0 aliphatic carbocycles. The Hall–Kier alpha value is 0.200. The van der Waals surface area contributed by atoms with Crippen LogP contribution < -0.4 is 0 Å². The first-order valence-electron chi connectivity index (χ1n) is 3.73. The molecule has 0 aromatic heterocycles. The molecule has 1 rings (SSSR count). The summed E-state index contributed by atoms with van der Waals surface area (Å²) in [5.41, 5.74) is 0.941. The number of hydrogen-bond donors (Lipinski definition) is 1. The smallest absolute Gasteiger partial charge is 0.0801 e. The Morgan fingerprint density at radius 3 is 2.42 bits per heavy atom. The molecular weight excluding hydrogens is 286 g/mol. The molecule has 1 aromatic rings. The van der Waals surface area contributed by atoms with Gasteiger partial charge in [-0.15, -0.1) is 11.6 Å². The number of hydrogen-bond acceptors (Lipinski definition) is 1. The van der Waals surface area contributed by atoms with E-state index in [1.807, 2.05) is 24.3 Å². The molecule has 0 bridgehead atoms. The molecule has 3 heteroatoms. The van der Waals surface area contributed by atoms with Gasteiger partial charge in [0.25, 0.3) is 0 Å². The lowest BCUT2D eigenvalue weighted by molar-refractivity contribution is 0.174. The number of aliphatic hydroxyl groups is 1. The summed E-state index contributed by atoms with van der Waals surface area (Å²) in [5, 5.41) is 9.52. The lowest BCUT2D eigenvalue weighted by Crippen LogP contribution is -1.97. The molecule has 0 unspecified atom stereocenters. The first-order valence-corrected chi connectivity index (χ1v) is 5.35. The van der Waals surface area contributed by atoms with Gasteiger partial charge in [0.2, 0.25) is 0 Å². The third kappa shape index (κ3) is 2.92. The maximum atomic E-state index is 9.52. The number of alkyl halides is 1. The van der Waals surface area contributed by atoms with E-state index in [1.165, 1.54) is 3.57 Å². The second-order valence-corrected chi connectivity index (χ2v) is 4.17. The summed E-state index contributed by atoms with van der Waals surface area (Å²) in [6.07, 6.45) is 0.196. The summed E-state index contributed by atoms with van der Waals surface area (Å²) < 4.78 is 1.18. The van der Waals surface area contributed by atoms with E-state index in [0.717, 1.165) is 5.56 Å². The van der Waals surface area contributed by atoms with E-state index in [4.69, 9.17) is 11.6 Å². The average Bonchev–Trinajstić information content (AvgIpc) is 2.06. The maximum Gasteiger partial charge on any atom is 0.0801 e. The number of rotatable bonds is 3. The Morgan fingerprint density at radius 1 is 1.33 bits per heavy atom. The Morgan fingerprint density at radius 2 is 1.92 bits per heavy atom. The third-order valence-corrected chi connectivity index (χ3v) is 2.57. The van der Waals surface area contributed by atoms with Crippen molar-refractivity contribution >= 4 is 34.2 Å². The normalized spacial score (nSPS) is 12.9. The molecule has 0 heterocycles. The van der Waals surface area contributed by atoms with Crippen LogP contribution in [0.4, 0.5) is 0 Å². The van der Waals surface area contributed by atoms with E-state index in [1.54, 1.807) is 0 Å². The largest absolute Gasteiger partial charge is 0.388 e. The quantitative estimate of drug-likeness (QED) is 0.671. The van der Waals surface area contributed by atoms with Crippen LogP contribution in [0.3, 0.4) is 0 Å². The number of benzene rings is 1. The Bertz CT molecular complexity index is 235. The van der Waals surface area contributed by atoms with E-state index in [9.17, 15) is 5.11 Å². The standard InChI is InChI=1S/C9H10ClIO/c10-6-5-9(12)7-1-3-8(11)4-2-7/h1-4,9,12H,5-6H2/t9-/m1/s1. The molecule has 1 nitrogen and oxygen atoms in total. The zero-order valence-electron chi connectivity index (χ0n) is 6.50. The lowest BCUT2D eigenvalue weighted by Gasteiger charge is -2.08. The molecule has 0 amide bonds. The Labute approximate surface area is 90.9 Å². The van der Waals surface area contributed by atoms with Crippen LogP contribution in [-0.2, 0) is 0 Å². The highest BCUT2D eigenvalue weighted by Gasteiger charge is 2.05. The van der Waals surface area contributed by atoms with Crippen molar-refractivity contribution < 1.29 is 5.11 Å². The molecule has 0 fully saturated rings. The van der Waals surface area contributed by atoms with Gasteiger partial charge in [0, 0.05) is 9.45 Å². The van der Waals surface area contributed by atoms with Gasteiger partial charge in [0.05, 0.1) is 6.10 Å². The van der Waals surface area contributed by atoms with Crippen LogP contribution in [0.5, 0.6) is 0 Å². The van der Waals surface area contributed by atoms with E-state index < -0.39 is 6.10 Å². The number of halogens is 2. The van der Waals surface area contributed by atoms with Crippen LogP contribution in [0.25, 0.3) is 0 Å². The van der Waals surface area contributed by atoms with Crippen LogP contribution >= 0.6 is 34.2 Å². The molecule has 1 aromatic carbocycles. The summed E-state index contributed by atoms with van der Waals surface area (Å²) in [7, 11) is 0. The Balaban J connectivity index is 2.68. The van der Waals surface area contributed by atoms with Gasteiger partial charge >= 0.3 is 0 Å². The minimum Gasteiger partial charge on any atom is -0.388 e. The Kier molecular flexibility index (Phi) is 4.32. The lowest BCUT2D eigenvalue weighted by atomic mass is 10.1. The van der Waals surface area contributed by atoms with Crippen molar-refractivity contribution in [2.45, 2.75) is 12.5 Å². The van der Waals surface area contributed by atoms with Crippen molar-refractivity contribution in [3.05, 3.63) is 33.4 Å². The molecular formula is C9H10ClIO. The zero-order valence-corrected chi connectivity index (χ0v) is 9.42. The SMILES string of the molecule is O[C@H](CCCl)c1ccc(I)cc1. The predicted molar refractivity (Wildman–Crippen MR) is 59.5 cm³/mol. The molecule has 1 N–H and O–H groups in total. The van der Waals surface area contributed by atoms with Gasteiger partial charge in [-0.1, -0.05) is 12.1 Å². The minimum absolute atomic E-state index is 0.417. The van der Waals surface area contributed by atoms with E-state index in [2.05, 4.69) is 22.6 Å². The van der Waals surface area contributed by atoms with Crippen LogP contribution in [-0.4, -0.2) is 11.0 Å². The summed E-state index contributed by atoms with van der Waals surface area (Å²) in [6.45, 7) is 0. The van der Waals surface area contributed by atoms with Crippen molar-refractivity contribution in [2.75, 3.05) is 5.88 Å². The highest BCUT2D eigenvalue weighted by atomic mass is 127. The monoisotopic (exact) mass is 296 g/mol. The van der Waals surface area contributed by atoms with Crippen LogP contribution in [0, 0.1) is 3.57 Å². The van der Waals surface area contributed by atoms with Gasteiger partial charge < -0.3 is 5.11 Å². The van der Waals surface area contributed by atoms with E-state index >= 15 is 0 Å². The molecule has 0 aliphatic rings. The van der Waals surface area contributed by atoms with Gasteiger partial charge in [-0.05, 0) is 46.7 Å². The predicted octanol–water partition coefficient (Wildman–Crippen LogP) is 2.95. The minimum atomic E-state index is -0.417.